The molecule has 0 amide bonds. The fourth-order valence-electron chi connectivity index (χ4n) is 1.88. The Morgan fingerprint density at radius 3 is 2.48 bits per heavy atom. The van der Waals surface area contributed by atoms with Crippen molar-refractivity contribution in [3.63, 3.8) is 0 Å². The smallest absolute Gasteiger partial charge is 0.457 e. The average Bonchev–Trinajstić information content (AvgIpc) is 2.59. The van der Waals surface area contributed by atoms with Crippen molar-refractivity contribution >= 4 is 5.97 Å². The lowest BCUT2D eigenvalue weighted by molar-refractivity contribution is -0.274. The number of carbonyl (C=O) groups excluding carboxylic acids is 1. The Balaban J connectivity index is 1.90. The largest absolute Gasteiger partial charge is 0.573 e. The van der Waals surface area contributed by atoms with E-state index in [0.29, 0.717) is 11.1 Å². The van der Waals surface area contributed by atoms with Crippen molar-refractivity contribution < 1.29 is 32.5 Å². The fraction of sp³-hybridized carbons (Fsp3) is 0.176. The molecule has 1 unspecified atom stereocenters. The molecule has 0 fully saturated rings. The Hall–Kier alpha value is -2.87. The average molecular weight is 353 g/mol. The Morgan fingerprint density at radius 1 is 1.24 bits per heavy atom. The monoisotopic (exact) mass is 353 g/mol. The van der Waals surface area contributed by atoms with Gasteiger partial charge in [-0.05, 0) is 23.8 Å². The van der Waals surface area contributed by atoms with Crippen LogP contribution in [0.15, 0.2) is 60.9 Å². The zero-order chi connectivity index (χ0) is 18.4. The molecule has 0 saturated carbocycles. The van der Waals surface area contributed by atoms with E-state index in [1.54, 1.807) is 12.1 Å². The summed E-state index contributed by atoms with van der Waals surface area (Å²) in [7, 11) is 0. The number of hydrogen-bond donors (Lipinski definition) is 1. The number of nitrogens with zero attached hydrogens (tertiary/aromatic N) is 1. The molecule has 0 aliphatic carbocycles. The van der Waals surface area contributed by atoms with E-state index in [9.17, 15) is 23.1 Å². The molecule has 2 rings (SSSR count). The number of benzene rings is 1. The van der Waals surface area contributed by atoms with Crippen molar-refractivity contribution in [1.82, 2.24) is 4.98 Å². The molecular formula is C17H14F3NO4. The Kier molecular flexibility index (Phi) is 5.76. The summed E-state index contributed by atoms with van der Waals surface area (Å²) < 4.78 is 44.9. The third-order valence-corrected chi connectivity index (χ3v) is 3.12. The van der Waals surface area contributed by atoms with Crippen LogP contribution < -0.4 is 4.74 Å². The molecule has 0 aliphatic heterocycles. The van der Waals surface area contributed by atoms with Gasteiger partial charge in [0.05, 0.1) is 5.57 Å². The van der Waals surface area contributed by atoms with E-state index in [4.69, 9.17) is 4.74 Å². The molecule has 0 aliphatic rings. The van der Waals surface area contributed by atoms with Gasteiger partial charge in [0.2, 0.25) is 0 Å². The lowest BCUT2D eigenvalue weighted by atomic mass is 10.1. The number of hydrogen-bond acceptors (Lipinski definition) is 5. The Morgan fingerprint density at radius 2 is 1.92 bits per heavy atom. The highest BCUT2D eigenvalue weighted by Crippen LogP contribution is 2.23. The fourth-order valence-corrected chi connectivity index (χ4v) is 1.88. The van der Waals surface area contributed by atoms with Crippen molar-refractivity contribution in [3.05, 3.63) is 72.1 Å². The second-order valence-corrected chi connectivity index (χ2v) is 4.98. The molecule has 1 aromatic heterocycles. The van der Waals surface area contributed by atoms with E-state index >= 15 is 0 Å². The lowest BCUT2D eigenvalue weighted by Gasteiger charge is -2.13. The van der Waals surface area contributed by atoms with Crippen LogP contribution in [0.2, 0.25) is 0 Å². The van der Waals surface area contributed by atoms with Gasteiger partial charge in [0.15, 0.2) is 0 Å². The molecule has 0 saturated heterocycles. The van der Waals surface area contributed by atoms with Crippen molar-refractivity contribution in [2.24, 2.45) is 0 Å². The van der Waals surface area contributed by atoms with Gasteiger partial charge in [0.25, 0.3) is 0 Å². The number of rotatable bonds is 6. The first kappa shape index (κ1) is 18.5. The van der Waals surface area contributed by atoms with Crippen molar-refractivity contribution in [3.8, 4) is 5.75 Å². The highest BCUT2D eigenvalue weighted by Gasteiger charge is 2.31. The predicted molar refractivity (Wildman–Crippen MR) is 81.3 cm³/mol. The van der Waals surface area contributed by atoms with E-state index in [2.05, 4.69) is 16.3 Å². The highest BCUT2D eigenvalue weighted by molar-refractivity contribution is 5.89. The van der Waals surface area contributed by atoms with Gasteiger partial charge in [-0.1, -0.05) is 24.8 Å². The number of aliphatic hydroxyl groups excluding tert-OH is 1. The topological polar surface area (TPSA) is 68.7 Å². The van der Waals surface area contributed by atoms with Gasteiger partial charge in [-0.3, -0.25) is 4.98 Å². The number of ether oxygens (including phenoxy) is 2. The summed E-state index contributed by atoms with van der Waals surface area (Å²) in [5, 5.41) is 10.0. The maximum absolute atomic E-state index is 12.1. The number of carbonyl (C=O) groups is 1. The molecule has 0 radical (unpaired) electrons. The summed E-state index contributed by atoms with van der Waals surface area (Å²) in [6.45, 7) is 3.31. The Labute approximate surface area is 141 Å². The van der Waals surface area contributed by atoms with E-state index < -0.39 is 18.4 Å². The van der Waals surface area contributed by atoms with Crippen LogP contribution in [0.3, 0.4) is 0 Å². The summed E-state index contributed by atoms with van der Waals surface area (Å²) in [6.07, 6.45) is -3.12. The van der Waals surface area contributed by atoms with Gasteiger partial charge in [-0.2, -0.15) is 0 Å². The first-order chi connectivity index (χ1) is 11.8. The second-order valence-electron chi connectivity index (χ2n) is 4.98. The van der Waals surface area contributed by atoms with Crippen LogP contribution in [-0.2, 0) is 16.1 Å². The lowest BCUT2D eigenvalue weighted by Crippen LogP contribution is -2.17. The van der Waals surface area contributed by atoms with Crippen molar-refractivity contribution in [2.75, 3.05) is 0 Å². The third-order valence-electron chi connectivity index (χ3n) is 3.12. The normalized spacial score (nSPS) is 12.3. The van der Waals surface area contributed by atoms with E-state index in [-0.39, 0.29) is 17.9 Å². The van der Waals surface area contributed by atoms with E-state index in [1.807, 2.05) is 0 Å². The molecule has 8 heteroatoms. The molecular weight excluding hydrogens is 339 g/mol. The number of aliphatic hydroxyl groups is 1. The number of esters is 1. The summed E-state index contributed by atoms with van der Waals surface area (Å²) in [6, 6.07) is 8.05. The standard InChI is InChI=1S/C17H14F3NO4/c1-11(15(22)13-3-2-8-21-9-13)16(23)24-10-12-4-6-14(7-5-12)25-17(18,19)20/h2-9,15,22H,1,10H2. The van der Waals surface area contributed by atoms with Crippen LogP contribution in [0.1, 0.15) is 17.2 Å². The van der Waals surface area contributed by atoms with Gasteiger partial charge in [-0.15, -0.1) is 13.2 Å². The second kappa shape index (κ2) is 7.80. The number of pyridine rings is 1. The number of aromatic nitrogens is 1. The minimum Gasteiger partial charge on any atom is -0.457 e. The van der Waals surface area contributed by atoms with Crippen molar-refractivity contribution in [1.29, 1.82) is 0 Å². The van der Waals surface area contributed by atoms with Crippen LogP contribution in [0, 0.1) is 0 Å². The summed E-state index contributed by atoms with van der Waals surface area (Å²) in [5.41, 5.74) is 0.662. The minimum absolute atomic E-state index is 0.176. The van der Waals surface area contributed by atoms with Crippen LogP contribution in [0.5, 0.6) is 5.75 Å². The summed E-state index contributed by atoms with van der Waals surface area (Å²) in [5.74, 6) is -1.20. The van der Waals surface area contributed by atoms with Gasteiger partial charge in [0, 0.05) is 18.0 Å². The molecule has 25 heavy (non-hydrogen) atoms. The first-order valence-corrected chi connectivity index (χ1v) is 7.05. The van der Waals surface area contributed by atoms with E-state index in [1.165, 1.54) is 24.5 Å². The molecule has 0 bridgehead atoms. The molecule has 1 heterocycles. The Bertz CT molecular complexity index is 730. The molecule has 0 spiro atoms. The maximum atomic E-state index is 12.1. The quantitative estimate of drug-likeness (QED) is 0.637. The van der Waals surface area contributed by atoms with Crippen molar-refractivity contribution in [2.45, 2.75) is 19.1 Å². The molecule has 1 atom stereocenters. The molecule has 132 valence electrons. The van der Waals surface area contributed by atoms with Gasteiger partial charge in [-0.25, -0.2) is 4.79 Å². The zero-order valence-electron chi connectivity index (χ0n) is 12.9. The molecule has 1 N–H and O–H groups in total. The van der Waals surface area contributed by atoms with Gasteiger partial charge < -0.3 is 14.6 Å². The summed E-state index contributed by atoms with van der Waals surface area (Å²) >= 11 is 0. The van der Waals surface area contributed by atoms with Gasteiger partial charge >= 0.3 is 12.3 Å². The molecule has 1 aromatic carbocycles. The first-order valence-electron chi connectivity index (χ1n) is 7.05. The minimum atomic E-state index is -4.77. The maximum Gasteiger partial charge on any atom is 0.573 e. The number of halogens is 3. The van der Waals surface area contributed by atoms with Crippen LogP contribution in [0.4, 0.5) is 13.2 Å². The number of alkyl halides is 3. The van der Waals surface area contributed by atoms with Crippen LogP contribution in [-0.4, -0.2) is 22.4 Å². The van der Waals surface area contributed by atoms with Gasteiger partial charge in [0.1, 0.15) is 18.5 Å². The summed E-state index contributed by atoms with van der Waals surface area (Å²) in [4.78, 5) is 15.7. The van der Waals surface area contributed by atoms with Crippen LogP contribution in [0.25, 0.3) is 0 Å². The third kappa shape index (κ3) is 5.61. The molecule has 5 nitrogen and oxygen atoms in total. The zero-order valence-corrected chi connectivity index (χ0v) is 12.9. The van der Waals surface area contributed by atoms with E-state index in [0.717, 1.165) is 12.1 Å². The van der Waals surface area contributed by atoms with Crippen LogP contribution >= 0.6 is 0 Å². The molecule has 2 aromatic rings. The predicted octanol–water partition coefficient (Wildman–Crippen LogP) is 3.31. The SMILES string of the molecule is C=C(C(=O)OCc1ccc(OC(F)(F)F)cc1)C(O)c1cccnc1. The highest BCUT2D eigenvalue weighted by atomic mass is 19.4.